The van der Waals surface area contributed by atoms with Gasteiger partial charge in [0, 0.05) is 24.2 Å². The number of nitrogens with zero attached hydrogens (tertiary/aromatic N) is 2. The van der Waals surface area contributed by atoms with Gasteiger partial charge in [-0.25, -0.2) is 14.2 Å². The van der Waals surface area contributed by atoms with Gasteiger partial charge in [0.05, 0.1) is 23.9 Å². The molecule has 0 saturated carbocycles. The molecule has 1 aliphatic heterocycles. The number of morpholine rings is 1. The van der Waals surface area contributed by atoms with Gasteiger partial charge in [-0.15, -0.1) is 0 Å². The molecule has 150 valence electrons. The van der Waals surface area contributed by atoms with Crippen molar-refractivity contribution in [3.8, 4) is 0 Å². The summed E-state index contributed by atoms with van der Waals surface area (Å²) in [7, 11) is 0. The van der Waals surface area contributed by atoms with Gasteiger partial charge in [0.1, 0.15) is 11.3 Å². The van der Waals surface area contributed by atoms with Crippen LogP contribution in [0.2, 0.25) is 5.02 Å². The van der Waals surface area contributed by atoms with Crippen molar-refractivity contribution in [2.45, 2.75) is 6.92 Å². The highest BCUT2D eigenvalue weighted by Crippen LogP contribution is 2.26. The molecule has 1 aliphatic rings. The molecule has 4 rings (SSSR count). The quantitative estimate of drug-likeness (QED) is 0.645. The summed E-state index contributed by atoms with van der Waals surface area (Å²) in [5, 5.41) is 6.34. The Morgan fingerprint density at radius 1 is 1.14 bits per heavy atom. The van der Waals surface area contributed by atoms with E-state index >= 15 is 0 Å². The molecule has 0 atom stereocenters. The SMILES string of the molecule is Cc1ccc(NC(=O)Nc2cc(F)c3nc(N4CCOCC4)ccc3c2)c(Cl)c1. The van der Waals surface area contributed by atoms with E-state index < -0.39 is 11.8 Å². The highest BCUT2D eigenvalue weighted by molar-refractivity contribution is 6.33. The fourth-order valence-electron chi connectivity index (χ4n) is 3.23. The maximum atomic E-state index is 14.7. The van der Waals surface area contributed by atoms with Crippen molar-refractivity contribution in [1.82, 2.24) is 4.98 Å². The molecule has 8 heteroatoms. The molecular formula is C21H20ClFN4O2. The summed E-state index contributed by atoms with van der Waals surface area (Å²) in [6.45, 7) is 4.62. The van der Waals surface area contributed by atoms with Crippen LogP contribution in [-0.2, 0) is 4.74 Å². The molecule has 1 saturated heterocycles. The molecule has 0 spiro atoms. The Balaban J connectivity index is 1.52. The third-order valence-corrected chi connectivity index (χ3v) is 5.01. The molecule has 0 radical (unpaired) electrons. The lowest BCUT2D eigenvalue weighted by Gasteiger charge is -2.28. The molecule has 1 aromatic heterocycles. The number of rotatable bonds is 3. The van der Waals surface area contributed by atoms with Crippen LogP contribution in [0.15, 0.2) is 42.5 Å². The Bertz CT molecular complexity index is 1070. The normalized spacial score (nSPS) is 14.1. The largest absolute Gasteiger partial charge is 0.378 e. The minimum atomic E-state index is -0.507. The maximum Gasteiger partial charge on any atom is 0.323 e. The first-order chi connectivity index (χ1) is 14.0. The number of carbonyl (C=O) groups is 1. The first-order valence-corrected chi connectivity index (χ1v) is 9.64. The van der Waals surface area contributed by atoms with E-state index in [9.17, 15) is 9.18 Å². The van der Waals surface area contributed by atoms with Gasteiger partial charge < -0.3 is 20.3 Å². The number of ether oxygens (including phenoxy) is 1. The zero-order valence-electron chi connectivity index (χ0n) is 15.8. The fourth-order valence-corrected chi connectivity index (χ4v) is 3.51. The van der Waals surface area contributed by atoms with Crippen LogP contribution in [0.3, 0.4) is 0 Å². The monoisotopic (exact) mass is 414 g/mol. The predicted molar refractivity (Wildman–Crippen MR) is 114 cm³/mol. The lowest BCUT2D eigenvalue weighted by Crippen LogP contribution is -2.36. The highest BCUT2D eigenvalue weighted by atomic mass is 35.5. The number of benzene rings is 2. The van der Waals surface area contributed by atoms with E-state index in [0.29, 0.717) is 40.8 Å². The molecule has 2 N–H and O–H groups in total. The topological polar surface area (TPSA) is 66.5 Å². The first kappa shape index (κ1) is 19.4. The van der Waals surface area contributed by atoms with Gasteiger partial charge in [0.2, 0.25) is 0 Å². The number of amides is 2. The van der Waals surface area contributed by atoms with Crippen LogP contribution in [0.1, 0.15) is 5.56 Å². The van der Waals surface area contributed by atoms with Crippen LogP contribution < -0.4 is 15.5 Å². The highest BCUT2D eigenvalue weighted by Gasteiger charge is 2.15. The molecule has 29 heavy (non-hydrogen) atoms. The number of halogens is 2. The standard InChI is InChI=1S/C21H20ClFN4O2/c1-13-2-4-18(16(22)10-13)25-21(28)24-15-11-14-3-5-19(26-20(14)17(23)12-15)27-6-8-29-9-7-27/h2-5,10-12H,6-9H2,1H3,(H2,24,25,28). The second kappa shape index (κ2) is 8.23. The van der Waals surface area contributed by atoms with Crippen molar-refractivity contribution in [2.24, 2.45) is 0 Å². The Labute approximate surface area is 172 Å². The van der Waals surface area contributed by atoms with Crippen molar-refractivity contribution < 1.29 is 13.9 Å². The van der Waals surface area contributed by atoms with E-state index in [1.54, 1.807) is 24.3 Å². The van der Waals surface area contributed by atoms with Crippen molar-refractivity contribution >= 4 is 45.7 Å². The van der Waals surface area contributed by atoms with Gasteiger partial charge in [0.25, 0.3) is 0 Å². The third-order valence-electron chi connectivity index (χ3n) is 4.70. The minimum Gasteiger partial charge on any atom is -0.378 e. The molecule has 2 heterocycles. The number of nitrogens with one attached hydrogen (secondary N) is 2. The molecule has 0 aliphatic carbocycles. The molecule has 1 fully saturated rings. The first-order valence-electron chi connectivity index (χ1n) is 9.27. The molecule has 3 aromatic rings. The van der Waals surface area contributed by atoms with Crippen LogP contribution in [0.25, 0.3) is 10.9 Å². The summed E-state index contributed by atoms with van der Waals surface area (Å²) in [5.41, 5.74) is 2.06. The van der Waals surface area contributed by atoms with E-state index in [2.05, 4.69) is 20.5 Å². The number of urea groups is 1. The molecule has 0 unspecified atom stereocenters. The maximum absolute atomic E-state index is 14.7. The van der Waals surface area contributed by atoms with Crippen molar-refractivity contribution in [1.29, 1.82) is 0 Å². The zero-order valence-corrected chi connectivity index (χ0v) is 16.6. The molecular weight excluding hydrogens is 395 g/mol. The number of hydrogen-bond acceptors (Lipinski definition) is 4. The number of anilines is 3. The lowest BCUT2D eigenvalue weighted by molar-refractivity contribution is 0.122. The molecule has 2 aromatic carbocycles. The Morgan fingerprint density at radius 3 is 2.69 bits per heavy atom. The number of aromatic nitrogens is 1. The van der Waals surface area contributed by atoms with E-state index in [1.165, 1.54) is 6.07 Å². The fraction of sp³-hybridized carbons (Fsp3) is 0.238. The van der Waals surface area contributed by atoms with Crippen molar-refractivity contribution in [3.05, 3.63) is 58.9 Å². The zero-order chi connectivity index (χ0) is 20.4. The van der Waals surface area contributed by atoms with Gasteiger partial charge in [0.15, 0.2) is 5.82 Å². The average molecular weight is 415 g/mol. The molecule has 2 amide bonds. The second-order valence-corrected chi connectivity index (χ2v) is 7.27. The summed E-state index contributed by atoms with van der Waals surface area (Å²) in [4.78, 5) is 18.8. The second-order valence-electron chi connectivity index (χ2n) is 6.86. The Morgan fingerprint density at radius 2 is 1.93 bits per heavy atom. The smallest absolute Gasteiger partial charge is 0.323 e. The Kier molecular flexibility index (Phi) is 5.51. The minimum absolute atomic E-state index is 0.265. The van der Waals surface area contributed by atoms with Gasteiger partial charge in [-0.2, -0.15) is 0 Å². The summed E-state index contributed by atoms with van der Waals surface area (Å²) in [5.74, 6) is 0.216. The third kappa shape index (κ3) is 4.41. The van der Waals surface area contributed by atoms with Crippen molar-refractivity contribution in [3.63, 3.8) is 0 Å². The van der Waals surface area contributed by atoms with E-state index in [1.807, 2.05) is 19.1 Å². The predicted octanol–water partition coefficient (Wildman–Crippen LogP) is 4.82. The van der Waals surface area contributed by atoms with E-state index in [0.717, 1.165) is 18.7 Å². The van der Waals surface area contributed by atoms with Gasteiger partial charge in [-0.05, 0) is 48.9 Å². The van der Waals surface area contributed by atoms with Crippen molar-refractivity contribution in [2.75, 3.05) is 41.8 Å². The summed E-state index contributed by atoms with van der Waals surface area (Å²) in [6, 6.07) is 11.4. The van der Waals surface area contributed by atoms with Crippen LogP contribution in [-0.4, -0.2) is 37.3 Å². The van der Waals surface area contributed by atoms with Crippen LogP contribution >= 0.6 is 11.6 Å². The average Bonchev–Trinajstić information content (AvgIpc) is 2.70. The molecule has 6 nitrogen and oxygen atoms in total. The number of hydrogen-bond donors (Lipinski definition) is 2. The number of fused-ring (bicyclic) bond motifs is 1. The van der Waals surface area contributed by atoms with Gasteiger partial charge in [-0.3, -0.25) is 0 Å². The van der Waals surface area contributed by atoms with E-state index in [4.69, 9.17) is 16.3 Å². The number of aryl methyl sites for hydroxylation is 1. The van der Waals surface area contributed by atoms with Crippen LogP contribution in [0.5, 0.6) is 0 Å². The lowest BCUT2D eigenvalue weighted by atomic mass is 10.2. The summed E-state index contributed by atoms with van der Waals surface area (Å²) in [6.07, 6.45) is 0. The number of carbonyl (C=O) groups excluding carboxylic acids is 1. The number of pyridine rings is 1. The summed E-state index contributed by atoms with van der Waals surface area (Å²) >= 11 is 6.14. The van der Waals surface area contributed by atoms with Crippen LogP contribution in [0, 0.1) is 12.7 Å². The molecule has 0 bridgehead atoms. The van der Waals surface area contributed by atoms with Gasteiger partial charge >= 0.3 is 6.03 Å². The van der Waals surface area contributed by atoms with Gasteiger partial charge in [-0.1, -0.05) is 17.7 Å². The van der Waals surface area contributed by atoms with E-state index in [-0.39, 0.29) is 5.52 Å². The Hall–Kier alpha value is -2.90. The summed E-state index contributed by atoms with van der Waals surface area (Å²) < 4.78 is 20.0. The van der Waals surface area contributed by atoms with Crippen LogP contribution in [0.4, 0.5) is 26.4 Å².